The zero-order valence-corrected chi connectivity index (χ0v) is 17.9. The smallest absolute Gasteiger partial charge is 0.328 e. The second-order valence-corrected chi connectivity index (χ2v) is 7.34. The maximum Gasteiger partial charge on any atom is 0.328 e. The molecule has 2 rings (SSSR count). The summed E-state index contributed by atoms with van der Waals surface area (Å²) >= 11 is 0. The van der Waals surface area contributed by atoms with Gasteiger partial charge in [-0.15, -0.1) is 0 Å². The topological polar surface area (TPSA) is 84.5 Å². The maximum absolute atomic E-state index is 13.2. The van der Waals surface area contributed by atoms with E-state index in [1.807, 2.05) is 13.8 Å². The number of amides is 2. The van der Waals surface area contributed by atoms with Crippen molar-refractivity contribution >= 4 is 23.9 Å². The molecule has 2 aromatic carbocycles. The number of benzene rings is 2. The minimum atomic E-state index is -0.863. The number of carbonyl (C=O) groups is 3. The maximum atomic E-state index is 13.2. The second kappa shape index (κ2) is 11.6. The summed E-state index contributed by atoms with van der Waals surface area (Å²) < 4.78 is 18.3. The first-order valence-electron chi connectivity index (χ1n) is 10.1. The van der Waals surface area contributed by atoms with Gasteiger partial charge < -0.3 is 15.4 Å². The van der Waals surface area contributed by atoms with E-state index < -0.39 is 29.6 Å². The van der Waals surface area contributed by atoms with Gasteiger partial charge in [0.05, 0.1) is 6.61 Å². The number of carbonyl (C=O) groups excluding carboxylic acids is 3. The summed E-state index contributed by atoms with van der Waals surface area (Å²) in [4.78, 5) is 37.9. The Labute approximate surface area is 181 Å². The monoisotopic (exact) mass is 426 g/mol. The molecule has 0 spiro atoms. The number of halogens is 1. The zero-order chi connectivity index (χ0) is 22.8. The Morgan fingerprint density at radius 2 is 1.68 bits per heavy atom. The highest BCUT2D eigenvalue weighted by Crippen LogP contribution is 2.11. The van der Waals surface area contributed by atoms with Crippen molar-refractivity contribution in [3.8, 4) is 0 Å². The summed E-state index contributed by atoms with van der Waals surface area (Å²) in [5, 5.41) is 5.24. The Bertz CT molecular complexity index is 924. The van der Waals surface area contributed by atoms with Crippen molar-refractivity contribution in [1.82, 2.24) is 10.6 Å². The molecule has 0 unspecified atom stereocenters. The van der Waals surface area contributed by atoms with Crippen molar-refractivity contribution < 1.29 is 23.5 Å². The molecule has 0 radical (unpaired) electrons. The Hall–Kier alpha value is -3.48. The normalized spacial score (nSPS) is 12.2. The first kappa shape index (κ1) is 23.8. The van der Waals surface area contributed by atoms with Crippen LogP contribution in [-0.2, 0) is 14.3 Å². The predicted molar refractivity (Wildman–Crippen MR) is 116 cm³/mol. The number of nitrogens with one attached hydrogen (secondary N) is 2. The average molecular weight is 426 g/mol. The largest absolute Gasteiger partial charge is 0.464 e. The van der Waals surface area contributed by atoms with E-state index >= 15 is 0 Å². The van der Waals surface area contributed by atoms with Crippen LogP contribution in [-0.4, -0.2) is 30.4 Å². The second-order valence-electron chi connectivity index (χ2n) is 7.34. The van der Waals surface area contributed by atoms with Gasteiger partial charge >= 0.3 is 5.97 Å². The molecule has 1 atom stereocenters. The Kier molecular flexibility index (Phi) is 8.94. The highest BCUT2D eigenvalue weighted by atomic mass is 19.1. The molecule has 164 valence electrons. The van der Waals surface area contributed by atoms with E-state index in [1.54, 1.807) is 37.3 Å². The average Bonchev–Trinajstić information content (AvgIpc) is 2.74. The van der Waals surface area contributed by atoms with Crippen LogP contribution in [0.1, 0.15) is 43.1 Å². The molecular formula is C24H27FN2O4. The standard InChI is InChI=1S/C24H27FN2O4/c1-4-31-24(30)21(14-16(2)3)27-23(29)20(15-17-10-12-19(25)13-11-17)26-22(28)18-8-6-5-7-9-18/h5-13,15-16,21H,4,14H2,1-3H3,(H,26,28)(H,27,29)/b20-15-/t21-/m0/s1. The number of hydrogen-bond acceptors (Lipinski definition) is 4. The minimum absolute atomic E-state index is 0.0708. The Morgan fingerprint density at radius 1 is 1.03 bits per heavy atom. The number of hydrogen-bond donors (Lipinski definition) is 2. The van der Waals surface area contributed by atoms with E-state index in [-0.39, 0.29) is 18.2 Å². The summed E-state index contributed by atoms with van der Waals surface area (Å²) in [7, 11) is 0. The van der Waals surface area contributed by atoms with Gasteiger partial charge in [0.25, 0.3) is 11.8 Å². The number of esters is 1. The van der Waals surface area contributed by atoms with Gasteiger partial charge in [-0.2, -0.15) is 0 Å². The summed E-state index contributed by atoms with van der Waals surface area (Å²) in [6, 6.07) is 13.0. The van der Waals surface area contributed by atoms with E-state index in [4.69, 9.17) is 4.74 Å². The molecular weight excluding hydrogens is 399 g/mol. The van der Waals surface area contributed by atoms with Crippen molar-refractivity contribution in [2.45, 2.75) is 33.2 Å². The van der Waals surface area contributed by atoms with Crippen LogP contribution in [0.3, 0.4) is 0 Å². The fraction of sp³-hybridized carbons (Fsp3) is 0.292. The molecule has 0 aliphatic heterocycles. The van der Waals surface area contributed by atoms with Crippen LogP contribution in [0.4, 0.5) is 4.39 Å². The summed E-state index contributed by atoms with van der Waals surface area (Å²) in [5.41, 5.74) is 0.805. The van der Waals surface area contributed by atoms with Gasteiger partial charge in [-0.05, 0) is 55.2 Å². The first-order chi connectivity index (χ1) is 14.8. The van der Waals surface area contributed by atoms with Crippen LogP contribution in [0.5, 0.6) is 0 Å². The van der Waals surface area contributed by atoms with Crippen LogP contribution in [0, 0.1) is 11.7 Å². The fourth-order valence-electron chi connectivity index (χ4n) is 2.83. The van der Waals surface area contributed by atoms with Gasteiger partial charge in [-0.1, -0.05) is 44.2 Å². The molecule has 7 heteroatoms. The van der Waals surface area contributed by atoms with Gasteiger partial charge in [0, 0.05) is 5.56 Å². The predicted octanol–water partition coefficient (Wildman–Crippen LogP) is 3.69. The SMILES string of the molecule is CCOC(=O)[C@H](CC(C)C)NC(=O)/C(=C/c1ccc(F)cc1)NC(=O)c1ccccc1. The molecule has 0 saturated carbocycles. The molecule has 0 aromatic heterocycles. The van der Waals surface area contributed by atoms with E-state index in [1.165, 1.54) is 30.3 Å². The molecule has 2 N–H and O–H groups in total. The fourth-order valence-corrected chi connectivity index (χ4v) is 2.83. The lowest BCUT2D eigenvalue weighted by molar-refractivity contribution is -0.147. The van der Waals surface area contributed by atoms with Crippen LogP contribution in [0.15, 0.2) is 60.3 Å². The van der Waals surface area contributed by atoms with Gasteiger partial charge in [0.2, 0.25) is 0 Å². The Balaban J connectivity index is 2.31. The van der Waals surface area contributed by atoms with E-state index in [0.29, 0.717) is 17.5 Å². The van der Waals surface area contributed by atoms with Gasteiger partial charge in [0.15, 0.2) is 0 Å². The van der Waals surface area contributed by atoms with Crippen molar-refractivity contribution in [2.24, 2.45) is 5.92 Å². The van der Waals surface area contributed by atoms with Crippen molar-refractivity contribution in [1.29, 1.82) is 0 Å². The van der Waals surface area contributed by atoms with Gasteiger partial charge in [-0.25, -0.2) is 9.18 Å². The summed E-state index contributed by atoms with van der Waals surface area (Å²) in [5.74, 6) is -1.97. The molecule has 0 aliphatic carbocycles. The summed E-state index contributed by atoms with van der Waals surface area (Å²) in [6.07, 6.45) is 1.80. The molecule has 0 saturated heterocycles. The third-order valence-electron chi connectivity index (χ3n) is 4.29. The third-order valence-corrected chi connectivity index (χ3v) is 4.29. The Morgan fingerprint density at radius 3 is 2.26 bits per heavy atom. The van der Waals surface area contributed by atoms with Crippen LogP contribution in [0.25, 0.3) is 6.08 Å². The molecule has 31 heavy (non-hydrogen) atoms. The van der Waals surface area contributed by atoms with E-state index in [2.05, 4.69) is 10.6 Å². The van der Waals surface area contributed by atoms with E-state index in [9.17, 15) is 18.8 Å². The molecule has 2 aromatic rings. The number of rotatable bonds is 9. The lowest BCUT2D eigenvalue weighted by Crippen LogP contribution is -2.45. The van der Waals surface area contributed by atoms with E-state index in [0.717, 1.165) is 0 Å². The van der Waals surface area contributed by atoms with Gasteiger partial charge in [-0.3, -0.25) is 9.59 Å². The van der Waals surface area contributed by atoms with Gasteiger partial charge in [0.1, 0.15) is 17.6 Å². The third kappa shape index (κ3) is 7.70. The van der Waals surface area contributed by atoms with Crippen molar-refractivity contribution in [2.75, 3.05) is 6.61 Å². The zero-order valence-electron chi connectivity index (χ0n) is 17.9. The van der Waals surface area contributed by atoms with Crippen LogP contribution >= 0.6 is 0 Å². The highest BCUT2D eigenvalue weighted by molar-refractivity contribution is 6.06. The van der Waals surface area contributed by atoms with Crippen LogP contribution < -0.4 is 10.6 Å². The number of ether oxygens (including phenoxy) is 1. The molecule has 2 amide bonds. The lowest BCUT2D eigenvalue weighted by Gasteiger charge is -2.20. The highest BCUT2D eigenvalue weighted by Gasteiger charge is 2.25. The van der Waals surface area contributed by atoms with Crippen LogP contribution in [0.2, 0.25) is 0 Å². The van der Waals surface area contributed by atoms with Crippen molar-refractivity contribution in [3.05, 3.63) is 77.2 Å². The molecule has 0 bridgehead atoms. The first-order valence-corrected chi connectivity index (χ1v) is 10.1. The summed E-state index contributed by atoms with van der Waals surface area (Å²) in [6.45, 7) is 5.72. The quantitative estimate of drug-likeness (QED) is 0.473. The molecule has 6 nitrogen and oxygen atoms in total. The molecule has 0 aliphatic rings. The molecule has 0 heterocycles. The lowest BCUT2D eigenvalue weighted by atomic mass is 10.0. The minimum Gasteiger partial charge on any atom is -0.464 e. The molecule has 0 fully saturated rings. The van der Waals surface area contributed by atoms with Crippen molar-refractivity contribution in [3.63, 3.8) is 0 Å².